The average Bonchev–Trinajstić information content (AvgIpc) is 2.73. The van der Waals surface area contributed by atoms with Gasteiger partial charge in [-0.15, -0.1) is 0 Å². The molecule has 0 spiro atoms. The summed E-state index contributed by atoms with van der Waals surface area (Å²) in [5.41, 5.74) is 6.58. The molecule has 0 aliphatic carbocycles. The molecule has 0 aromatic carbocycles. The van der Waals surface area contributed by atoms with E-state index < -0.39 is 0 Å². The number of hydrogen-bond donors (Lipinski definition) is 1. The molecule has 0 aliphatic rings. The van der Waals surface area contributed by atoms with E-state index in [9.17, 15) is 0 Å². The van der Waals surface area contributed by atoms with Gasteiger partial charge in [-0.1, -0.05) is 19.2 Å². The van der Waals surface area contributed by atoms with E-state index in [1.54, 1.807) is 0 Å². The van der Waals surface area contributed by atoms with Crippen molar-refractivity contribution in [2.24, 2.45) is 5.73 Å². The van der Waals surface area contributed by atoms with E-state index in [0.717, 1.165) is 11.3 Å². The molecule has 14 heavy (non-hydrogen) atoms. The molecule has 1 heterocycles. The summed E-state index contributed by atoms with van der Waals surface area (Å²) in [4.78, 5) is 0. The average molecular weight is 190 g/mol. The van der Waals surface area contributed by atoms with Gasteiger partial charge in [0.05, 0.1) is 0 Å². The first-order valence-electron chi connectivity index (χ1n) is 4.45. The van der Waals surface area contributed by atoms with Crippen LogP contribution in [0.4, 0.5) is 0 Å². The fraction of sp³-hybridized carbons (Fsp3) is 0.167. The normalized spacial score (nSPS) is 10.1. The number of rotatable bonds is 3. The van der Waals surface area contributed by atoms with Crippen molar-refractivity contribution < 1.29 is 0 Å². The molecule has 2 N–H and O–H groups in total. The van der Waals surface area contributed by atoms with Crippen LogP contribution in [-0.4, -0.2) is 11.6 Å². The van der Waals surface area contributed by atoms with Gasteiger partial charge >= 0.3 is 0 Å². The Morgan fingerprint density at radius 1 is 1.29 bits per heavy atom. The highest BCUT2D eigenvalue weighted by Gasteiger charge is 1.90. The monoisotopic (exact) mass is 190 g/mol. The van der Waals surface area contributed by atoms with Gasteiger partial charge in [-0.2, -0.15) is 0 Å². The number of allylic oxidation sites excluding steroid dienone is 4. The molecule has 0 saturated carbocycles. The van der Waals surface area contributed by atoms with E-state index in [1.165, 1.54) is 7.05 Å². The quantitative estimate of drug-likeness (QED) is 0.730. The zero-order chi connectivity index (χ0) is 11.0. The van der Waals surface area contributed by atoms with E-state index in [1.807, 2.05) is 48.2 Å². The SMILES string of the molecule is C=C/C(C)=C\C(=C)n1cccc1.CN. The molecule has 0 atom stereocenters. The van der Waals surface area contributed by atoms with Crippen LogP contribution in [0.2, 0.25) is 0 Å². The second-order valence-electron chi connectivity index (χ2n) is 2.67. The Labute approximate surface area is 86.0 Å². The molecule has 76 valence electrons. The van der Waals surface area contributed by atoms with Crippen LogP contribution in [-0.2, 0) is 0 Å². The third kappa shape index (κ3) is 3.92. The summed E-state index contributed by atoms with van der Waals surface area (Å²) in [5, 5.41) is 0. The van der Waals surface area contributed by atoms with Crippen LogP contribution >= 0.6 is 0 Å². The lowest BCUT2D eigenvalue weighted by atomic mass is 10.2. The third-order valence-electron chi connectivity index (χ3n) is 1.65. The molecule has 0 saturated heterocycles. The van der Waals surface area contributed by atoms with Crippen molar-refractivity contribution in [2.45, 2.75) is 6.92 Å². The first-order valence-corrected chi connectivity index (χ1v) is 4.45. The predicted octanol–water partition coefficient (Wildman–Crippen LogP) is 2.67. The maximum absolute atomic E-state index is 4.50. The van der Waals surface area contributed by atoms with Crippen LogP contribution < -0.4 is 5.73 Å². The lowest BCUT2D eigenvalue weighted by Gasteiger charge is -2.01. The highest BCUT2D eigenvalue weighted by atomic mass is 14.9. The van der Waals surface area contributed by atoms with Gasteiger partial charge < -0.3 is 10.3 Å². The largest absolute Gasteiger partial charge is 0.333 e. The molecule has 0 bridgehead atoms. The van der Waals surface area contributed by atoms with Crippen LogP contribution in [0.1, 0.15) is 6.92 Å². The minimum atomic E-state index is 0.956. The molecular formula is C12H18N2. The molecule has 0 radical (unpaired) electrons. The van der Waals surface area contributed by atoms with Crippen LogP contribution in [0.25, 0.3) is 5.70 Å². The van der Waals surface area contributed by atoms with Crippen LogP contribution in [0.15, 0.2) is 55.4 Å². The molecule has 1 rings (SSSR count). The Bertz CT molecular complexity index is 305. The van der Waals surface area contributed by atoms with E-state index in [-0.39, 0.29) is 0 Å². The van der Waals surface area contributed by atoms with Crippen molar-refractivity contribution in [1.82, 2.24) is 4.57 Å². The highest BCUT2D eigenvalue weighted by molar-refractivity contribution is 5.56. The van der Waals surface area contributed by atoms with Gasteiger partial charge in [-0.3, -0.25) is 0 Å². The first-order chi connectivity index (χ1) is 6.74. The summed E-state index contributed by atoms with van der Waals surface area (Å²) in [6, 6.07) is 3.95. The van der Waals surface area contributed by atoms with Gasteiger partial charge in [0.2, 0.25) is 0 Å². The second-order valence-corrected chi connectivity index (χ2v) is 2.67. The summed E-state index contributed by atoms with van der Waals surface area (Å²) in [7, 11) is 1.50. The fourth-order valence-electron chi connectivity index (χ4n) is 0.922. The molecule has 0 amide bonds. The molecule has 1 aromatic rings. The summed E-state index contributed by atoms with van der Waals surface area (Å²) < 4.78 is 1.97. The lowest BCUT2D eigenvalue weighted by Crippen LogP contribution is -1.87. The van der Waals surface area contributed by atoms with Crippen molar-refractivity contribution in [3.8, 4) is 0 Å². The maximum Gasteiger partial charge on any atom is 0.0380 e. The smallest absolute Gasteiger partial charge is 0.0380 e. The minimum Gasteiger partial charge on any atom is -0.333 e. The van der Waals surface area contributed by atoms with Gasteiger partial charge in [-0.25, -0.2) is 0 Å². The Balaban J connectivity index is 0.000000791. The fourth-order valence-corrected chi connectivity index (χ4v) is 0.922. The summed E-state index contributed by atoms with van der Waals surface area (Å²) in [5.74, 6) is 0. The predicted molar refractivity (Wildman–Crippen MR) is 63.8 cm³/mol. The molecule has 2 nitrogen and oxygen atoms in total. The zero-order valence-corrected chi connectivity index (χ0v) is 8.90. The van der Waals surface area contributed by atoms with E-state index in [0.29, 0.717) is 0 Å². The zero-order valence-electron chi connectivity index (χ0n) is 8.90. The minimum absolute atomic E-state index is 0.956. The van der Waals surface area contributed by atoms with Crippen LogP contribution in [0.3, 0.4) is 0 Å². The number of nitrogens with zero attached hydrogens (tertiary/aromatic N) is 1. The van der Waals surface area contributed by atoms with E-state index in [2.05, 4.69) is 18.9 Å². The van der Waals surface area contributed by atoms with E-state index >= 15 is 0 Å². The number of hydrogen-bond acceptors (Lipinski definition) is 1. The topological polar surface area (TPSA) is 30.9 Å². The summed E-state index contributed by atoms with van der Waals surface area (Å²) in [6.45, 7) is 9.60. The Hall–Kier alpha value is -1.54. The molecule has 2 heteroatoms. The lowest BCUT2D eigenvalue weighted by molar-refractivity contribution is 1.13. The van der Waals surface area contributed by atoms with Gasteiger partial charge in [0.1, 0.15) is 0 Å². The van der Waals surface area contributed by atoms with Gasteiger partial charge in [0, 0.05) is 18.1 Å². The molecule has 0 aliphatic heterocycles. The van der Waals surface area contributed by atoms with Crippen molar-refractivity contribution in [1.29, 1.82) is 0 Å². The molecular weight excluding hydrogens is 172 g/mol. The van der Waals surface area contributed by atoms with Crippen LogP contribution in [0.5, 0.6) is 0 Å². The number of aromatic nitrogens is 1. The van der Waals surface area contributed by atoms with Crippen molar-refractivity contribution >= 4 is 5.70 Å². The van der Waals surface area contributed by atoms with Gasteiger partial charge in [0.15, 0.2) is 0 Å². The second kappa shape index (κ2) is 6.92. The van der Waals surface area contributed by atoms with Crippen LogP contribution in [0, 0.1) is 0 Å². The number of nitrogens with two attached hydrogens (primary N) is 1. The molecule has 0 unspecified atom stereocenters. The van der Waals surface area contributed by atoms with Crippen molar-refractivity contribution in [2.75, 3.05) is 7.05 Å². The molecule has 1 aromatic heterocycles. The van der Waals surface area contributed by atoms with Gasteiger partial charge in [0.25, 0.3) is 0 Å². The standard InChI is InChI=1S/C11H13N.CH5N/c1-4-10(2)9-11(3)12-7-5-6-8-12;1-2/h4-9H,1,3H2,2H3;2H2,1H3/b10-9-;. The summed E-state index contributed by atoms with van der Waals surface area (Å²) >= 11 is 0. The van der Waals surface area contributed by atoms with Gasteiger partial charge in [-0.05, 0) is 37.8 Å². The Kier molecular flexibility index (Phi) is 6.16. The molecule has 0 fully saturated rings. The Morgan fingerprint density at radius 2 is 1.79 bits per heavy atom. The van der Waals surface area contributed by atoms with Crippen molar-refractivity contribution in [3.05, 3.63) is 55.4 Å². The van der Waals surface area contributed by atoms with Crippen molar-refractivity contribution in [3.63, 3.8) is 0 Å². The Morgan fingerprint density at radius 3 is 2.21 bits per heavy atom. The summed E-state index contributed by atoms with van der Waals surface area (Å²) in [6.07, 6.45) is 7.74. The highest BCUT2D eigenvalue weighted by Crippen LogP contribution is 2.07. The third-order valence-corrected chi connectivity index (χ3v) is 1.65. The maximum atomic E-state index is 4.50. The van der Waals surface area contributed by atoms with E-state index in [4.69, 9.17) is 0 Å². The first kappa shape index (κ1) is 12.5.